The second-order valence-corrected chi connectivity index (χ2v) is 5.89. The van der Waals surface area contributed by atoms with E-state index in [0.29, 0.717) is 12.6 Å². The molecule has 6 heteroatoms. The van der Waals surface area contributed by atoms with Gasteiger partial charge in [-0.15, -0.1) is 0 Å². The molecule has 0 saturated heterocycles. The van der Waals surface area contributed by atoms with E-state index < -0.39 is 0 Å². The van der Waals surface area contributed by atoms with Crippen LogP contribution in [-0.2, 0) is 6.54 Å². The molecule has 0 aliphatic carbocycles. The van der Waals surface area contributed by atoms with Gasteiger partial charge in [-0.3, -0.25) is 10.1 Å². The number of thiophene rings is 1. The maximum atomic E-state index is 10.6. The lowest BCUT2D eigenvalue weighted by Crippen LogP contribution is -2.28. The van der Waals surface area contributed by atoms with Crippen LogP contribution in [-0.4, -0.2) is 35.5 Å². The zero-order valence-electron chi connectivity index (χ0n) is 12.6. The second-order valence-electron chi connectivity index (χ2n) is 5.00. The minimum Gasteiger partial charge on any atom is -0.310 e. The Morgan fingerprint density at radius 2 is 2.15 bits per heavy atom. The molecule has 1 unspecified atom stereocenters. The quantitative estimate of drug-likeness (QED) is 0.532. The van der Waals surface area contributed by atoms with Crippen LogP contribution in [0.4, 0.5) is 5.00 Å². The van der Waals surface area contributed by atoms with Gasteiger partial charge in [-0.05, 0) is 45.0 Å². The van der Waals surface area contributed by atoms with Gasteiger partial charge in [-0.25, -0.2) is 0 Å². The normalized spacial score (nSPS) is 12.8. The zero-order chi connectivity index (χ0) is 15.0. The molecule has 20 heavy (non-hydrogen) atoms. The third-order valence-corrected chi connectivity index (χ3v) is 4.41. The molecule has 0 aliphatic rings. The van der Waals surface area contributed by atoms with Crippen molar-refractivity contribution < 1.29 is 4.92 Å². The molecule has 5 nitrogen and oxygen atoms in total. The first kappa shape index (κ1) is 17.1. The summed E-state index contributed by atoms with van der Waals surface area (Å²) in [6, 6.07) is 2.09. The Morgan fingerprint density at radius 3 is 2.70 bits per heavy atom. The zero-order valence-corrected chi connectivity index (χ0v) is 13.4. The highest BCUT2D eigenvalue weighted by Gasteiger charge is 2.10. The molecule has 114 valence electrons. The molecule has 1 heterocycles. The molecular formula is C14H25N3O2S. The lowest BCUT2D eigenvalue weighted by molar-refractivity contribution is -0.380. The monoisotopic (exact) mass is 299 g/mol. The average Bonchev–Trinajstić information content (AvgIpc) is 2.90. The maximum Gasteiger partial charge on any atom is 0.324 e. The van der Waals surface area contributed by atoms with Gasteiger partial charge in [0, 0.05) is 24.0 Å². The Kier molecular flexibility index (Phi) is 7.72. The molecule has 0 fully saturated rings. The fourth-order valence-corrected chi connectivity index (χ4v) is 2.84. The molecule has 0 aromatic carbocycles. The van der Waals surface area contributed by atoms with E-state index in [1.807, 2.05) is 5.38 Å². The highest BCUT2D eigenvalue weighted by Crippen LogP contribution is 2.22. The van der Waals surface area contributed by atoms with Crippen molar-refractivity contribution in [2.45, 2.75) is 46.2 Å². The van der Waals surface area contributed by atoms with E-state index in [2.05, 4.69) is 31.0 Å². The van der Waals surface area contributed by atoms with Crippen molar-refractivity contribution in [2.75, 3.05) is 19.6 Å². The molecular weight excluding hydrogens is 274 g/mol. The van der Waals surface area contributed by atoms with E-state index in [1.54, 1.807) is 6.07 Å². The standard InChI is InChI=1S/C14H25N3O2S/c1-4-16(5-2)8-6-7-12(3)15-10-13-9-14(17(18)19)20-11-13/h9,11-12,15H,4-8,10H2,1-3H3. The third-order valence-electron chi connectivity index (χ3n) is 3.48. The van der Waals surface area contributed by atoms with Crippen LogP contribution in [0.2, 0.25) is 0 Å². The molecule has 1 aromatic rings. The average molecular weight is 299 g/mol. The number of rotatable bonds is 10. The van der Waals surface area contributed by atoms with Crippen molar-refractivity contribution in [3.63, 3.8) is 0 Å². The van der Waals surface area contributed by atoms with Crippen molar-refractivity contribution in [1.82, 2.24) is 10.2 Å². The SMILES string of the molecule is CCN(CC)CCCC(C)NCc1csc([N+](=O)[O-])c1. The molecule has 1 aromatic heterocycles. The number of nitrogens with zero attached hydrogens (tertiary/aromatic N) is 2. The lowest BCUT2D eigenvalue weighted by atomic mass is 10.1. The number of hydrogen-bond donors (Lipinski definition) is 1. The Balaban J connectivity index is 2.22. The Hall–Kier alpha value is -0.980. The van der Waals surface area contributed by atoms with Gasteiger partial charge in [-0.2, -0.15) is 0 Å². The van der Waals surface area contributed by atoms with Gasteiger partial charge in [0.25, 0.3) is 0 Å². The van der Waals surface area contributed by atoms with Crippen molar-refractivity contribution in [1.29, 1.82) is 0 Å². The van der Waals surface area contributed by atoms with Crippen molar-refractivity contribution in [3.8, 4) is 0 Å². The molecule has 1 rings (SSSR count). The van der Waals surface area contributed by atoms with Crippen LogP contribution in [0.15, 0.2) is 11.4 Å². The molecule has 0 aliphatic heterocycles. The second kappa shape index (κ2) is 9.05. The Morgan fingerprint density at radius 1 is 1.45 bits per heavy atom. The van der Waals surface area contributed by atoms with Gasteiger partial charge in [0.05, 0.1) is 4.92 Å². The van der Waals surface area contributed by atoms with Crippen LogP contribution in [0.3, 0.4) is 0 Å². The van der Waals surface area contributed by atoms with Crippen LogP contribution in [0.1, 0.15) is 39.2 Å². The molecule has 0 amide bonds. The lowest BCUT2D eigenvalue weighted by Gasteiger charge is -2.19. The maximum absolute atomic E-state index is 10.6. The Bertz CT molecular complexity index is 405. The topological polar surface area (TPSA) is 58.4 Å². The summed E-state index contributed by atoms with van der Waals surface area (Å²) >= 11 is 1.19. The molecule has 0 saturated carbocycles. The van der Waals surface area contributed by atoms with E-state index in [4.69, 9.17) is 0 Å². The third kappa shape index (κ3) is 5.98. The summed E-state index contributed by atoms with van der Waals surface area (Å²) in [5.41, 5.74) is 0.997. The van der Waals surface area contributed by atoms with Crippen LogP contribution < -0.4 is 5.32 Å². The van der Waals surface area contributed by atoms with Crippen LogP contribution in [0, 0.1) is 10.1 Å². The Labute approximate surface area is 125 Å². The first-order valence-corrected chi connectivity index (χ1v) is 8.12. The smallest absolute Gasteiger partial charge is 0.310 e. The summed E-state index contributed by atoms with van der Waals surface area (Å²) in [7, 11) is 0. The van der Waals surface area contributed by atoms with Gasteiger partial charge in [0.2, 0.25) is 0 Å². The number of hydrogen-bond acceptors (Lipinski definition) is 5. The van der Waals surface area contributed by atoms with Crippen molar-refractivity contribution in [3.05, 3.63) is 27.1 Å². The van der Waals surface area contributed by atoms with E-state index >= 15 is 0 Å². The largest absolute Gasteiger partial charge is 0.324 e. The van der Waals surface area contributed by atoms with Gasteiger partial charge >= 0.3 is 5.00 Å². The van der Waals surface area contributed by atoms with E-state index in [0.717, 1.165) is 31.6 Å². The molecule has 0 spiro atoms. The predicted octanol–water partition coefficient (Wildman–Crippen LogP) is 3.26. The highest BCUT2D eigenvalue weighted by molar-refractivity contribution is 7.13. The van der Waals surface area contributed by atoms with Gasteiger partial charge in [-0.1, -0.05) is 25.2 Å². The highest BCUT2D eigenvalue weighted by atomic mass is 32.1. The molecule has 0 bridgehead atoms. The van der Waals surface area contributed by atoms with Crippen LogP contribution in [0.25, 0.3) is 0 Å². The molecule has 1 N–H and O–H groups in total. The first-order chi connectivity index (χ1) is 9.56. The number of nitrogens with one attached hydrogen (secondary N) is 1. The van der Waals surface area contributed by atoms with Crippen LogP contribution in [0.5, 0.6) is 0 Å². The fraction of sp³-hybridized carbons (Fsp3) is 0.714. The number of nitro groups is 1. The summed E-state index contributed by atoms with van der Waals surface area (Å²) < 4.78 is 0. The van der Waals surface area contributed by atoms with Gasteiger partial charge in [0.1, 0.15) is 0 Å². The fourth-order valence-electron chi connectivity index (χ4n) is 2.11. The van der Waals surface area contributed by atoms with Crippen molar-refractivity contribution >= 4 is 16.3 Å². The summed E-state index contributed by atoms with van der Waals surface area (Å²) in [4.78, 5) is 12.7. The minimum atomic E-state index is -0.332. The van der Waals surface area contributed by atoms with Crippen molar-refractivity contribution in [2.24, 2.45) is 0 Å². The summed E-state index contributed by atoms with van der Waals surface area (Å²) in [5, 5.41) is 16.1. The summed E-state index contributed by atoms with van der Waals surface area (Å²) in [6.07, 6.45) is 2.31. The molecule has 0 radical (unpaired) electrons. The van der Waals surface area contributed by atoms with E-state index in [1.165, 1.54) is 17.8 Å². The molecule has 1 atom stereocenters. The van der Waals surface area contributed by atoms with E-state index in [9.17, 15) is 10.1 Å². The summed E-state index contributed by atoms with van der Waals surface area (Å²) in [5.74, 6) is 0. The van der Waals surface area contributed by atoms with E-state index in [-0.39, 0.29) is 9.92 Å². The first-order valence-electron chi connectivity index (χ1n) is 7.24. The van der Waals surface area contributed by atoms with Gasteiger partial charge in [0.15, 0.2) is 0 Å². The predicted molar refractivity (Wildman–Crippen MR) is 84.3 cm³/mol. The van der Waals surface area contributed by atoms with Gasteiger partial charge < -0.3 is 10.2 Å². The van der Waals surface area contributed by atoms with Crippen LogP contribution >= 0.6 is 11.3 Å². The minimum absolute atomic E-state index is 0.219. The summed E-state index contributed by atoms with van der Waals surface area (Å²) in [6.45, 7) is 10.6.